The first-order valence-electron chi connectivity index (χ1n) is 7.01. The highest BCUT2D eigenvalue weighted by molar-refractivity contribution is 7.13. The summed E-state index contributed by atoms with van der Waals surface area (Å²) >= 11 is 1.41. The first kappa shape index (κ1) is 14.6. The maximum atomic E-state index is 11.9. The summed E-state index contributed by atoms with van der Waals surface area (Å²) in [6.45, 7) is 3.20. The minimum absolute atomic E-state index is 0.207. The fourth-order valence-electron chi connectivity index (χ4n) is 2.01. The molecule has 0 aliphatic carbocycles. The second-order valence-corrected chi connectivity index (χ2v) is 5.73. The summed E-state index contributed by atoms with van der Waals surface area (Å²) in [5, 5.41) is 5.23. The second kappa shape index (κ2) is 6.62. The molecular weight excluding hydrogens is 300 g/mol. The number of carbonyl (C=O) groups is 1. The van der Waals surface area contributed by atoms with Crippen LogP contribution in [0.4, 0.5) is 5.13 Å². The smallest absolute Gasteiger partial charge is 0.250 e. The summed E-state index contributed by atoms with van der Waals surface area (Å²) in [5.74, 6) is 1.26. The molecule has 0 fully saturated rings. The molecule has 2 heterocycles. The second-order valence-electron chi connectivity index (χ2n) is 4.87. The zero-order valence-corrected chi connectivity index (χ0v) is 13.0. The van der Waals surface area contributed by atoms with E-state index in [0.29, 0.717) is 18.3 Å². The number of nitrogens with one attached hydrogen (secondary N) is 1. The fourth-order valence-corrected chi connectivity index (χ4v) is 2.71. The predicted octanol–water partition coefficient (Wildman–Crippen LogP) is 3.26. The van der Waals surface area contributed by atoms with Crippen LogP contribution in [-0.4, -0.2) is 24.1 Å². The van der Waals surface area contributed by atoms with E-state index < -0.39 is 0 Å². The molecule has 3 rings (SSSR count). The molecule has 1 aliphatic heterocycles. The van der Waals surface area contributed by atoms with Gasteiger partial charge in [0.05, 0.1) is 18.9 Å². The number of nitrogens with zero attached hydrogens (tertiary/aromatic N) is 1. The molecule has 1 N–H and O–H groups in total. The largest absolute Gasteiger partial charge is 0.490 e. The number of ether oxygens (including phenoxy) is 2. The number of aromatic nitrogens is 1. The molecule has 6 heteroatoms. The van der Waals surface area contributed by atoms with Crippen molar-refractivity contribution in [2.24, 2.45) is 0 Å². The Labute approximate surface area is 132 Å². The van der Waals surface area contributed by atoms with Gasteiger partial charge in [-0.1, -0.05) is 6.07 Å². The third-order valence-electron chi connectivity index (χ3n) is 3.05. The average Bonchev–Trinajstić information content (AvgIpc) is 2.78. The van der Waals surface area contributed by atoms with Gasteiger partial charge in [-0.3, -0.25) is 10.1 Å². The summed E-state index contributed by atoms with van der Waals surface area (Å²) < 4.78 is 11.2. The molecule has 22 heavy (non-hydrogen) atoms. The average molecular weight is 316 g/mol. The Kier molecular flexibility index (Phi) is 4.39. The van der Waals surface area contributed by atoms with E-state index in [1.165, 1.54) is 17.4 Å². The van der Waals surface area contributed by atoms with Crippen molar-refractivity contribution in [1.82, 2.24) is 4.98 Å². The van der Waals surface area contributed by atoms with Gasteiger partial charge >= 0.3 is 0 Å². The van der Waals surface area contributed by atoms with Crippen LogP contribution in [0.5, 0.6) is 11.5 Å². The van der Waals surface area contributed by atoms with Crippen molar-refractivity contribution in [3.63, 3.8) is 0 Å². The molecule has 1 aromatic carbocycles. The van der Waals surface area contributed by atoms with E-state index >= 15 is 0 Å². The molecular formula is C16H16N2O3S. The number of fused-ring (bicyclic) bond motifs is 1. The summed E-state index contributed by atoms with van der Waals surface area (Å²) in [6, 6.07) is 5.63. The molecule has 0 saturated carbocycles. The van der Waals surface area contributed by atoms with Gasteiger partial charge in [0.1, 0.15) is 0 Å². The standard InChI is InChI=1S/C16H16N2O3S/c1-11-10-22-16(17-11)18-15(19)6-4-12-3-5-13-14(9-12)21-8-2-7-20-13/h3-6,9-10H,2,7-8H2,1H3,(H,17,18,19)/b6-4+. The number of hydrogen-bond donors (Lipinski definition) is 1. The lowest BCUT2D eigenvalue weighted by molar-refractivity contribution is -0.111. The third kappa shape index (κ3) is 3.65. The zero-order valence-electron chi connectivity index (χ0n) is 12.2. The molecule has 5 nitrogen and oxygen atoms in total. The number of amides is 1. The van der Waals surface area contributed by atoms with E-state index in [1.807, 2.05) is 30.5 Å². The molecule has 114 valence electrons. The van der Waals surface area contributed by atoms with Crippen molar-refractivity contribution >= 4 is 28.5 Å². The van der Waals surface area contributed by atoms with Gasteiger partial charge in [-0.2, -0.15) is 0 Å². The molecule has 0 radical (unpaired) electrons. The van der Waals surface area contributed by atoms with Crippen molar-refractivity contribution in [3.05, 3.63) is 40.9 Å². The quantitative estimate of drug-likeness (QED) is 0.883. The van der Waals surface area contributed by atoms with E-state index in [2.05, 4.69) is 10.3 Å². The van der Waals surface area contributed by atoms with E-state index in [9.17, 15) is 4.79 Å². The van der Waals surface area contributed by atoms with Crippen LogP contribution in [-0.2, 0) is 4.79 Å². The molecule has 1 aromatic heterocycles. The Balaban J connectivity index is 1.67. The minimum Gasteiger partial charge on any atom is -0.490 e. The van der Waals surface area contributed by atoms with Crippen molar-refractivity contribution in [2.45, 2.75) is 13.3 Å². The highest BCUT2D eigenvalue weighted by Gasteiger charge is 2.10. The highest BCUT2D eigenvalue weighted by atomic mass is 32.1. The summed E-state index contributed by atoms with van der Waals surface area (Å²) in [4.78, 5) is 16.0. The number of rotatable bonds is 3. The van der Waals surface area contributed by atoms with Gasteiger partial charge in [-0.05, 0) is 30.7 Å². The fraction of sp³-hybridized carbons (Fsp3) is 0.250. The van der Waals surface area contributed by atoms with Crippen molar-refractivity contribution in [3.8, 4) is 11.5 Å². The van der Waals surface area contributed by atoms with Crippen LogP contribution in [0.15, 0.2) is 29.7 Å². The molecule has 0 bridgehead atoms. The Morgan fingerprint density at radius 2 is 2.14 bits per heavy atom. The van der Waals surface area contributed by atoms with Crippen molar-refractivity contribution < 1.29 is 14.3 Å². The third-order valence-corrected chi connectivity index (χ3v) is 3.92. The Morgan fingerprint density at radius 1 is 1.32 bits per heavy atom. The first-order chi connectivity index (χ1) is 10.7. The summed E-state index contributed by atoms with van der Waals surface area (Å²) in [5.41, 5.74) is 1.78. The zero-order chi connectivity index (χ0) is 15.4. The van der Waals surface area contributed by atoms with E-state index in [-0.39, 0.29) is 5.91 Å². The lowest BCUT2D eigenvalue weighted by Crippen LogP contribution is -2.07. The first-order valence-corrected chi connectivity index (χ1v) is 7.89. The predicted molar refractivity (Wildman–Crippen MR) is 86.6 cm³/mol. The number of carbonyl (C=O) groups excluding carboxylic acids is 1. The number of hydrogen-bond acceptors (Lipinski definition) is 5. The summed E-state index contributed by atoms with van der Waals surface area (Å²) in [7, 11) is 0. The van der Waals surface area contributed by atoms with Crippen LogP contribution in [0.2, 0.25) is 0 Å². The SMILES string of the molecule is Cc1csc(NC(=O)/C=C/c2ccc3c(c2)OCCCO3)n1. The number of benzene rings is 1. The monoisotopic (exact) mass is 316 g/mol. The van der Waals surface area contributed by atoms with Crippen LogP contribution in [0.25, 0.3) is 6.08 Å². The van der Waals surface area contributed by atoms with Gasteiger partial charge in [-0.25, -0.2) is 4.98 Å². The Hall–Kier alpha value is -2.34. The van der Waals surface area contributed by atoms with Gasteiger partial charge in [0.2, 0.25) is 5.91 Å². The molecule has 0 spiro atoms. The van der Waals surface area contributed by atoms with Crippen LogP contribution in [0, 0.1) is 6.92 Å². The maximum absolute atomic E-state index is 11.9. The molecule has 0 unspecified atom stereocenters. The molecule has 1 amide bonds. The number of aryl methyl sites for hydroxylation is 1. The van der Waals surface area contributed by atoms with Crippen LogP contribution in [0.3, 0.4) is 0 Å². The minimum atomic E-state index is -0.207. The number of thiazole rings is 1. The van der Waals surface area contributed by atoms with Gasteiger partial charge in [-0.15, -0.1) is 11.3 Å². The van der Waals surface area contributed by atoms with Gasteiger partial charge in [0, 0.05) is 17.9 Å². The molecule has 0 atom stereocenters. The van der Waals surface area contributed by atoms with E-state index in [1.54, 1.807) is 6.08 Å². The maximum Gasteiger partial charge on any atom is 0.250 e. The van der Waals surface area contributed by atoms with E-state index in [4.69, 9.17) is 9.47 Å². The van der Waals surface area contributed by atoms with Crippen LogP contribution >= 0.6 is 11.3 Å². The van der Waals surface area contributed by atoms with Gasteiger partial charge in [0.25, 0.3) is 0 Å². The molecule has 2 aromatic rings. The normalized spacial score (nSPS) is 13.9. The van der Waals surface area contributed by atoms with Crippen LogP contribution < -0.4 is 14.8 Å². The lowest BCUT2D eigenvalue weighted by atomic mass is 10.2. The lowest BCUT2D eigenvalue weighted by Gasteiger charge is -2.07. The van der Waals surface area contributed by atoms with Gasteiger partial charge in [0.15, 0.2) is 16.6 Å². The van der Waals surface area contributed by atoms with Gasteiger partial charge < -0.3 is 9.47 Å². The van der Waals surface area contributed by atoms with Crippen LogP contribution in [0.1, 0.15) is 17.7 Å². The summed E-state index contributed by atoms with van der Waals surface area (Å²) in [6.07, 6.45) is 4.09. The van der Waals surface area contributed by atoms with Crippen molar-refractivity contribution in [1.29, 1.82) is 0 Å². The highest BCUT2D eigenvalue weighted by Crippen LogP contribution is 2.30. The Bertz CT molecular complexity index is 709. The molecule has 1 aliphatic rings. The molecule has 0 saturated heterocycles. The van der Waals surface area contributed by atoms with Crippen molar-refractivity contribution in [2.75, 3.05) is 18.5 Å². The van der Waals surface area contributed by atoms with E-state index in [0.717, 1.165) is 29.2 Å². The number of anilines is 1. The topological polar surface area (TPSA) is 60.5 Å². The Morgan fingerprint density at radius 3 is 2.91 bits per heavy atom.